The minimum absolute atomic E-state index is 0.107. The van der Waals surface area contributed by atoms with E-state index in [9.17, 15) is 4.79 Å². The molecule has 2 aliphatic rings. The van der Waals surface area contributed by atoms with E-state index < -0.39 is 0 Å². The number of hydrogen-bond acceptors (Lipinski definition) is 2. The molecule has 24 heavy (non-hydrogen) atoms. The lowest BCUT2D eigenvalue weighted by molar-refractivity contribution is -0.125. The van der Waals surface area contributed by atoms with E-state index in [0.29, 0.717) is 5.78 Å². The topological polar surface area (TPSA) is 20.3 Å². The molecule has 1 heterocycles. The van der Waals surface area contributed by atoms with Gasteiger partial charge in [0.15, 0.2) is 0 Å². The average molecular weight is 340 g/mol. The van der Waals surface area contributed by atoms with Crippen molar-refractivity contribution in [2.75, 3.05) is 11.4 Å². The van der Waals surface area contributed by atoms with Crippen molar-refractivity contribution >= 4 is 23.1 Å². The largest absolute Gasteiger partial charge is 0.363 e. The Morgan fingerprint density at radius 2 is 1.75 bits per heavy atom. The molecule has 0 spiro atoms. The molecule has 0 aromatic heterocycles. The molecule has 0 N–H and O–H groups in total. The monoisotopic (exact) mass is 339 g/mol. The summed E-state index contributed by atoms with van der Waals surface area (Å²) in [6.07, 6.45) is 4.96. The zero-order valence-electron chi connectivity index (χ0n) is 13.7. The molecule has 2 nitrogen and oxygen atoms in total. The lowest BCUT2D eigenvalue weighted by Crippen LogP contribution is -2.42. The first-order valence-electron chi connectivity index (χ1n) is 8.87. The van der Waals surface area contributed by atoms with Gasteiger partial charge >= 0.3 is 0 Å². The van der Waals surface area contributed by atoms with Crippen LogP contribution in [0.4, 0.5) is 5.69 Å². The Kier molecular flexibility index (Phi) is 4.32. The first kappa shape index (κ1) is 15.7. The molecule has 2 aromatic carbocycles. The van der Waals surface area contributed by atoms with Crippen LogP contribution >= 0.6 is 11.6 Å². The lowest BCUT2D eigenvalue weighted by Gasteiger charge is -2.43. The van der Waals surface area contributed by atoms with Crippen molar-refractivity contribution in [3.63, 3.8) is 0 Å². The summed E-state index contributed by atoms with van der Waals surface area (Å²) < 4.78 is 0. The van der Waals surface area contributed by atoms with Gasteiger partial charge in [-0.3, -0.25) is 4.79 Å². The van der Waals surface area contributed by atoms with Gasteiger partial charge in [-0.2, -0.15) is 0 Å². The highest BCUT2D eigenvalue weighted by molar-refractivity contribution is 6.30. The van der Waals surface area contributed by atoms with Gasteiger partial charge in [0.05, 0.1) is 6.04 Å². The molecule has 1 aliphatic heterocycles. The van der Waals surface area contributed by atoms with Gasteiger partial charge in [0.1, 0.15) is 5.78 Å². The quantitative estimate of drug-likeness (QED) is 0.749. The average Bonchev–Trinajstić information content (AvgIpc) is 2.62. The number of hydrogen-bond donors (Lipinski definition) is 0. The third kappa shape index (κ3) is 2.84. The van der Waals surface area contributed by atoms with Crippen LogP contribution < -0.4 is 4.90 Å². The van der Waals surface area contributed by atoms with E-state index in [4.69, 9.17) is 11.6 Å². The van der Waals surface area contributed by atoms with Crippen LogP contribution in [0.25, 0.3) is 0 Å². The molecule has 1 fully saturated rings. The van der Waals surface area contributed by atoms with Crippen LogP contribution in [0, 0.1) is 5.92 Å². The first-order chi connectivity index (χ1) is 11.7. The summed E-state index contributed by atoms with van der Waals surface area (Å²) in [4.78, 5) is 15.1. The Bertz CT molecular complexity index is 740. The van der Waals surface area contributed by atoms with E-state index in [-0.39, 0.29) is 12.0 Å². The number of ketones is 1. The van der Waals surface area contributed by atoms with Crippen LogP contribution in [-0.4, -0.2) is 12.3 Å². The van der Waals surface area contributed by atoms with Gasteiger partial charge in [-0.1, -0.05) is 42.3 Å². The Balaban J connectivity index is 1.77. The fraction of sp³-hybridized carbons (Fsp3) is 0.381. The lowest BCUT2D eigenvalue weighted by atomic mass is 9.76. The maximum Gasteiger partial charge on any atom is 0.138 e. The fourth-order valence-electron chi connectivity index (χ4n) is 4.30. The van der Waals surface area contributed by atoms with Crippen LogP contribution in [0.1, 0.15) is 42.9 Å². The zero-order valence-corrected chi connectivity index (χ0v) is 14.5. The molecule has 124 valence electrons. The van der Waals surface area contributed by atoms with Gasteiger partial charge in [0, 0.05) is 29.6 Å². The molecule has 1 saturated carbocycles. The van der Waals surface area contributed by atoms with Crippen molar-refractivity contribution in [2.24, 2.45) is 5.92 Å². The van der Waals surface area contributed by atoms with Gasteiger partial charge in [-0.25, -0.2) is 0 Å². The molecular weight excluding hydrogens is 318 g/mol. The maximum atomic E-state index is 12.7. The molecule has 3 heteroatoms. The third-order valence-corrected chi connectivity index (χ3v) is 5.72. The van der Waals surface area contributed by atoms with E-state index in [2.05, 4.69) is 41.3 Å². The maximum absolute atomic E-state index is 12.7. The minimum atomic E-state index is 0.107. The van der Waals surface area contributed by atoms with Gasteiger partial charge in [0.25, 0.3) is 0 Å². The van der Waals surface area contributed by atoms with Crippen molar-refractivity contribution in [1.82, 2.24) is 0 Å². The second kappa shape index (κ2) is 6.60. The summed E-state index contributed by atoms with van der Waals surface area (Å²) in [5.41, 5.74) is 3.89. The van der Waals surface area contributed by atoms with Crippen LogP contribution in [-0.2, 0) is 11.2 Å². The van der Waals surface area contributed by atoms with Crippen LogP contribution in [0.15, 0.2) is 48.5 Å². The van der Waals surface area contributed by atoms with Crippen molar-refractivity contribution in [3.8, 4) is 0 Å². The standard InChI is InChI=1S/C21H22ClNO/c22-16-9-11-17(12-10-16)23-14-13-15-5-1-2-6-18(15)21(23)19-7-3-4-8-20(19)24/h1-2,5-6,9-12,19,21H,3-4,7-8,13-14H2/t19-,21+/m1/s1. The summed E-state index contributed by atoms with van der Waals surface area (Å²) in [6.45, 7) is 0.951. The van der Waals surface area contributed by atoms with Crippen molar-refractivity contribution in [3.05, 3.63) is 64.7 Å². The van der Waals surface area contributed by atoms with Crippen molar-refractivity contribution in [1.29, 1.82) is 0 Å². The normalized spacial score (nSPS) is 23.9. The third-order valence-electron chi connectivity index (χ3n) is 5.47. The molecule has 2 aromatic rings. The number of halogens is 1. The predicted octanol–water partition coefficient (Wildman–Crippen LogP) is 5.20. The Hall–Kier alpha value is -1.80. The predicted molar refractivity (Wildman–Crippen MR) is 98.7 cm³/mol. The summed E-state index contributed by atoms with van der Waals surface area (Å²) in [5, 5.41) is 0.751. The smallest absolute Gasteiger partial charge is 0.138 e. The number of carbonyl (C=O) groups excluding carboxylic acids is 1. The number of nitrogens with zero attached hydrogens (tertiary/aromatic N) is 1. The number of Topliss-reactive ketones (excluding diaryl/α,β-unsaturated/α-hetero) is 1. The molecular formula is C21H22ClNO. The van der Waals surface area contributed by atoms with E-state index in [1.54, 1.807) is 0 Å². The van der Waals surface area contributed by atoms with E-state index >= 15 is 0 Å². The van der Waals surface area contributed by atoms with E-state index in [0.717, 1.165) is 49.4 Å². The highest BCUT2D eigenvalue weighted by Crippen LogP contribution is 2.42. The molecule has 0 bridgehead atoms. The Labute approximate surface area is 148 Å². The van der Waals surface area contributed by atoms with Crippen LogP contribution in [0.3, 0.4) is 0 Å². The summed E-state index contributed by atoms with van der Waals surface area (Å²) >= 11 is 6.07. The molecule has 0 unspecified atom stereocenters. The van der Waals surface area contributed by atoms with Gasteiger partial charge in [-0.05, 0) is 54.7 Å². The van der Waals surface area contributed by atoms with E-state index in [1.165, 1.54) is 11.1 Å². The zero-order chi connectivity index (χ0) is 16.5. The highest BCUT2D eigenvalue weighted by Gasteiger charge is 2.38. The first-order valence-corrected chi connectivity index (χ1v) is 9.24. The number of fused-ring (bicyclic) bond motifs is 1. The minimum Gasteiger partial charge on any atom is -0.363 e. The Morgan fingerprint density at radius 3 is 2.54 bits per heavy atom. The van der Waals surface area contributed by atoms with Gasteiger partial charge in [0.2, 0.25) is 0 Å². The van der Waals surface area contributed by atoms with Crippen molar-refractivity contribution < 1.29 is 4.79 Å². The van der Waals surface area contributed by atoms with Gasteiger partial charge in [-0.15, -0.1) is 0 Å². The molecule has 1 aliphatic carbocycles. The van der Waals surface area contributed by atoms with Crippen LogP contribution in [0.5, 0.6) is 0 Å². The number of rotatable bonds is 2. The second-order valence-electron chi connectivity index (χ2n) is 6.88. The van der Waals surface area contributed by atoms with Crippen LogP contribution in [0.2, 0.25) is 5.02 Å². The SMILES string of the molecule is O=C1CCCC[C@H]1[C@@H]1c2ccccc2CCN1c1ccc(Cl)cc1. The number of anilines is 1. The molecule has 2 atom stereocenters. The fourth-order valence-corrected chi connectivity index (χ4v) is 4.42. The second-order valence-corrected chi connectivity index (χ2v) is 7.32. The van der Waals surface area contributed by atoms with E-state index in [1.807, 2.05) is 12.1 Å². The molecule has 4 rings (SSSR count). The summed E-state index contributed by atoms with van der Waals surface area (Å²) in [5.74, 6) is 0.540. The Morgan fingerprint density at radius 1 is 0.958 bits per heavy atom. The number of benzene rings is 2. The van der Waals surface area contributed by atoms with Gasteiger partial charge < -0.3 is 4.90 Å². The summed E-state index contributed by atoms with van der Waals surface area (Å²) in [7, 11) is 0. The number of carbonyl (C=O) groups is 1. The molecule has 0 radical (unpaired) electrons. The molecule has 0 amide bonds. The summed E-state index contributed by atoms with van der Waals surface area (Å²) in [6, 6.07) is 16.8. The highest BCUT2D eigenvalue weighted by atomic mass is 35.5. The molecule has 0 saturated heterocycles. The van der Waals surface area contributed by atoms with Crippen molar-refractivity contribution in [2.45, 2.75) is 38.1 Å².